The second kappa shape index (κ2) is 12.1. The molecule has 2 aliphatic rings. The third-order valence-electron chi connectivity index (χ3n) is 7.59. The van der Waals surface area contributed by atoms with E-state index >= 15 is 0 Å². The van der Waals surface area contributed by atoms with Crippen LogP contribution in [0, 0.1) is 11.8 Å². The molecule has 1 aliphatic heterocycles. The second-order valence-electron chi connectivity index (χ2n) is 10.3. The number of rotatable bonds is 9. The van der Waals surface area contributed by atoms with Crippen LogP contribution in [-0.2, 0) is 4.79 Å². The molecule has 0 bridgehead atoms. The molecule has 3 heterocycles. The molecule has 10 heteroatoms. The summed E-state index contributed by atoms with van der Waals surface area (Å²) in [5.41, 5.74) is 2.68. The number of hydrogen-bond acceptors (Lipinski definition) is 6. The van der Waals surface area contributed by atoms with E-state index in [2.05, 4.69) is 15.6 Å². The first kappa shape index (κ1) is 26.4. The number of amides is 3. The van der Waals surface area contributed by atoms with Gasteiger partial charge < -0.3 is 25.4 Å². The first-order valence-electron chi connectivity index (χ1n) is 13.5. The minimum atomic E-state index is -0.983. The highest BCUT2D eigenvalue weighted by molar-refractivity contribution is 6.07. The Morgan fingerprint density at radius 2 is 1.77 bits per heavy atom. The van der Waals surface area contributed by atoms with Gasteiger partial charge in [0.2, 0.25) is 11.8 Å². The fourth-order valence-corrected chi connectivity index (χ4v) is 5.32. The number of likely N-dealkylation sites (tertiary alicyclic amines) is 1. The standard InChI is InChI=1S/C29H33N5O5/c35-27-6-3-13-34(27)18-39-26-12-11-21(17-30-26)25-14-23(22-4-1-2-5-24(22)33-25)28(36)31-15-19-7-9-20(10-8-19)16-32-29(37)38/h1-2,4-5,11-12,14,17,19-20,32H,3,6-10,13,15-16,18H2,(H,31,36)(H,37,38)/t19-,20-. The Labute approximate surface area is 226 Å². The van der Waals surface area contributed by atoms with Gasteiger partial charge in [0.05, 0.1) is 16.8 Å². The zero-order valence-corrected chi connectivity index (χ0v) is 21.8. The summed E-state index contributed by atoms with van der Waals surface area (Å²) in [6, 6.07) is 13.0. The van der Waals surface area contributed by atoms with Crippen molar-refractivity contribution in [1.29, 1.82) is 0 Å². The number of hydrogen-bond donors (Lipinski definition) is 3. The molecule has 0 unspecified atom stereocenters. The predicted molar refractivity (Wildman–Crippen MR) is 145 cm³/mol. The lowest BCUT2D eigenvalue weighted by Crippen LogP contribution is -2.34. The molecule has 3 aromatic rings. The lowest BCUT2D eigenvalue weighted by atomic mass is 9.82. The normalized spacial score (nSPS) is 19.2. The average Bonchev–Trinajstić information content (AvgIpc) is 3.38. The lowest BCUT2D eigenvalue weighted by molar-refractivity contribution is -0.130. The molecule has 1 aromatic carbocycles. The van der Waals surface area contributed by atoms with Crippen LogP contribution in [0.15, 0.2) is 48.7 Å². The monoisotopic (exact) mass is 531 g/mol. The summed E-state index contributed by atoms with van der Waals surface area (Å²) in [5.74, 6) is 1.10. The number of para-hydroxylation sites is 1. The molecule has 204 valence electrons. The topological polar surface area (TPSA) is 134 Å². The van der Waals surface area contributed by atoms with Gasteiger partial charge in [0, 0.05) is 49.3 Å². The van der Waals surface area contributed by atoms with Gasteiger partial charge in [-0.3, -0.25) is 9.59 Å². The van der Waals surface area contributed by atoms with Crippen molar-refractivity contribution in [3.63, 3.8) is 0 Å². The third kappa shape index (κ3) is 6.63. The minimum Gasteiger partial charge on any atom is -0.465 e. The highest BCUT2D eigenvalue weighted by Gasteiger charge is 2.23. The average molecular weight is 532 g/mol. The predicted octanol–water partition coefficient (Wildman–Crippen LogP) is 4.06. The van der Waals surface area contributed by atoms with Gasteiger partial charge in [-0.05, 0) is 62.1 Å². The Kier molecular flexibility index (Phi) is 8.19. The van der Waals surface area contributed by atoms with Crippen LogP contribution < -0.4 is 15.4 Å². The Morgan fingerprint density at radius 1 is 1.03 bits per heavy atom. The van der Waals surface area contributed by atoms with Gasteiger partial charge in [-0.2, -0.15) is 0 Å². The van der Waals surface area contributed by atoms with Crippen LogP contribution in [0.1, 0.15) is 48.9 Å². The van der Waals surface area contributed by atoms with E-state index in [1.807, 2.05) is 30.3 Å². The summed E-state index contributed by atoms with van der Waals surface area (Å²) in [6.45, 7) is 1.95. The molecular formula is C29H33N5O5. The van der Waals surface area contributed by atoms with Gasteiger partial charge in [0.1, 0.15) is 0 Å². The molecule has 39 heavy (non-hydrogen) atoms. The van der Waals surface area contributed by atoms with Gasteiger partial charge in [0.15, 0.2) is 6.73 Å². The number of fused-ring (bicyclic) bond motifs is 1. The Bertz CT molecular complexity index is 1340. The van der Waals surface area contributed by atoms with E-state index < -0.39 is 6.09 Å². The van der Waals surface area contributed by atoms with Crippen molar-refractivity contribution < 1.29 is 24.2 Å². The summed E-state index contributed by atoms with van der Waals surface area (Å²) >= 11 is 0. The molecule has 1 saturated heterocycles. The molecule has 5 rings (SSSR count). The van der Waals surface area contributed by atoms with E-state index in [4.69, 9.17) is 14.8 Å². The van der Waals surface area contributed by atoms with Gasteiger partial charge in [-0.1, -0.05) is 18.2 Å². The van der Waals surface area contributed by atoms with E-state index in [9.17, 15) is 14.4 Å². The highest BCUT2D eigenvalue weighted by Crippen LogP contribution is 2.29. The van der Waals surface area contributed by atoms with Gasteiger partial charge >= 0.3 is 6.09 Å². The number of nitrogens with one attached hydrogen (secondary N) is 2. The molecule has 2 fully saturated rings. The molecule has 0 spiro atoms. The molecule has 3 amide bonds. The number of ether oxygens (including phenoxy) is 1. The van der Waals surface area contributed by atoms with E-state index in [1.165, 1.54) is 0 Å². The van der Waals surface area contributed by atoms with Crippen molar-refractivity contribution in [3.8, 4) is 17.1 Å². The van der Waals surface area contributed by atoms with Gasteiger partial charge in [-0.15, -0.1) is 0 Å². The van der Waals surface area contributed by atoms with E-state index in [1.54, 1.807) is 23.2 Å². The number of benzene rings is 1. The number of carboxylic acid groups (broad SMARTS) is 1. The van der Waals surface area contributed by atoms with E-state index in [-0.39, 0.29) is 18.5 Å². The summed E-state index contributed by atoms with van der Waals surface area (Å²) in [5, 5.41) is 15.2. The maximum absolute atomic E-state index is 13.3. The lowest BCUT2D eigenvalue weighted by Gasteiger charge is -2.28. The fraction of sp³-hybridized carbons (Fsp3) is 0.414. The zero-order chi connectivity index (χ0) is 27.2. The van der Waals surface area contributed by atoms with Crippen LogP contribution >= 0.6 is 0 Å². The van der Waals surface area contributed by atoms with Crippen molar-refractivity contribution in [3.05, 3.63) is 54.2 Å². The minimum absolute atomic E-state index is 0.0958. The van der Waals surface area contributed by atoms with Crippen molar-refractivity contribution in [2.45, 2.75) is 38.5 Å². The number of pyridine rings is 2. The van der Waals surface area contributed by atoms with Crippen LogP contribution in [0.3, 0.4) is 0 Å². The number of nitrogens with zero attached hydrogens (tertiary/aromatic N) is 3. The van der Waals surface area contributed by atoms with Crippen LogP contribution in [-0.4, -0.2) is 64.2 Å². The third-order valence-corrected chi connectivity index (χ3v) is 7.59. The second-order valence-corrected chi connectivity index (χ2v) is 10.3. The summed E-state index contributed by atoms with van der Waals surface area (Å²) < 4.78 is 5.68. The molecule has 2 aromatic heterocycles. The summed E-state index contributed by atoms with van der Waals surface area (Å²) in [7, 11) is 0. The molecule has 10 nitrogen and oxygen atoms in total. The zero-order valence-electron chi connectivity index (χ0n) is 21.8. The van der Waals surface area contributed by atoms with Gasteiger partial charge in [-0.25, -0.2) is 14.8 Å². The SMILES string of the molecule is O=C(O)NC[C@H]1CC[C@H](CNC(=O)c2cc(-c3ccc(OCN4CCCC4=O)nc3)nc3ccccc23)CC1. The van der Waals surface area contributed by atoms with E-state index in [0.29, 0.717) is 55.0 Å². The number of aromatic nitrogens is 2. The van der Waals surface area contributed by atoms with Crippen LogP contribution in [0.4, 0.5) is 4.79 Å². The van der Waals surface area contributed by atoms with Crippen LogP contribution in [0.2, 0.25) is 0 Å². The highest BCUT2D eigenvalue weighted by atomic mass is 16.5. The molecule has 1 aliphatic carbocycles. The van der Waals surface area contributed by atoms with Gasteiger partial charge in [0.25, 0.3) is 5.91 Å². The van der Waals surface area contributed by atoms with Crippen LogP contribution in [0.25, 0.3) is 22.2 Å². The maximum atomic E-state index is 13.3. The maximum Gasteiger partial charge on any atom is 0.404 e. The van der Waals surface area contributed by atoms with Crippen LogP contribution in [0.5, 0.6) is 5.88 Å². The van der Waals surface area contributed by atoms with Crippen molar-refractivity contribution in [2.24, 2.45) is 11.8 Å². The fourth-order valence-electron chi connectivity index (χ4n) is 5.32. The first-order valence-corrected chi connectivity index (χ1v) is 13.5. The van der Waals surface area contributed by atoms with E-state index in [0.717, 1.165) is 48.6 Å². The molecular weight excluding hydrogens is 498 g/mol. The number of carbonyl (C=O) groups is 3. The van der Waals surface area contributed by atoms with Crippen molar-refractivity contribution >= 4 is 28.8 Å². The largest absolute Gasteiger partial charge is 0.465 e. The first-order chi connectivity index (χ1) is 19.0. The smallest absolute Gasteiger partial charge is 0.404 e. The molecule has 1 saturated carbocycles. The van der Waals surface area contributed by atoms with Crippen molar-refractivity contribution in [2.75, 3.05) is 26.4 Å². The Morgan fingerprint density at radius 3 is 2.44 bits per heavy atom. The Balaban J connectivity index is 1.24. The quantitative estimate of drug-likeness (QED) is 0.379. The van der Waals surface area contributed by atoms with Crippen molar-refractivity contribution in [1.82, 2.24) is 25.5 Å². The molecule has 0 atom stereocenters. The molecule has 0 radical (unpaired) electrons. The summed E-state index contributed by atoms with van der Waals surface area (Å²) in [6.07, 6.45) is 5.91. The molecule has 3 N–H and O–H groups in total. The number of carbonyl (C=O) groups excluding carboxylic acids is 2. The summed E-state index contributed by atoms with van der Waals surface area (Å²) in [4.78, 5) is 46.7. The Hall–Kier alpha value is -4.21.